The molecule has 1 aromatic heterocycles. The van der Waals surface area contributed by atoms with Crippen LogP contribution in [0.1, 0.15) is 36.2 Å². The summed E-state index contributed by atoms with van der Waals surface area (Å²) in [5, 5.41) is 6.66. The molecule has 0 saturated carbocycles. The highest BCUT2D eigenvalue weighted by Gasteiger charge is 2.13. The summed E-state index contributed by atoms with van der Waals surface area (Å²) in [6.07, 6.45) is 0.812. The molecule has 0 radical (unpaired) electrons. The quantitative estimate of drug-likeness (QED) is 0.898. The highest BCUT2D eigenvalue weighted by molar-refractivity contribution is 7.09. The van der Waals surface area contributed by atoms with Crippen molar-refractivity contribution in [1.29, 1.82) is 0 Å². The van der Waals surface area contributed by atoms with Gasteiger partial charge in [0.15, 0.2) is 0 Å². The molecule has 1 aromatic carbocycles. The standard InChI is InChI=1S/C15H19FN2S/c1-10(7-13-5-4-6-14(16)8-13)17-12(3)15-18-11(2)9-19-15/h4-6,8-10,12,17H,7H2,1-3H3. The third kappa shape index (κ3) is 4.11. The first-order valence-electron chi connectivity index (χ1n) is 6.47. The highest BCUT2D eigenvalue weighted by Crippen LogP contribution is 2.18. The normalized spacial score (nSPS) is 14.3. The molecule has 0 fully saturated rings. The Hall–Kier alpha value is -1.26. The van der Waals surface area contributed by atoms with E-state index in [0.717, 1.165) is 22.7 Å². The third-order valence-corrected chi connectivity index (χ3v) is 4.12. The summed E-state index contributed by atoms with van der Waals surface area (Å²) in [7, 11) is 0. The topological polar surface area (TPSA) is 24.9 Å². The number of aromatic nitrogens is 1. The van der Waals surface area contributed by atoms with Crippen LogP contribution in [-0.4, -0.2) is 11.0 Å². The SMILES string of the molecule is Cc1csc(C(C)NC(C)Cc2cccc(F)c2)n1. The molecule has 0 amide bonds. The van der Waals surface area contributed by atoms with Gasteiger partial charge in [-0.2, -0.15) is 0 Å². The van der Waals surface area contributed by atoms with Crippen molar-refractivity contribution in [1.82, 2.24) is 10.3 Å². The van der Waals surface area contributed by atoms with Crippen molar-refractivity contribution in [3.8, 4) is 0 Å². The fourth-order valence-electron chi connectivity index (χ4n) is 2.15. The molecule has 1 heterocycles. The van der Waals surface area contributed by atoms with Crippen LogP contribution in [-0.2, 0) is 6.42 Å². The van der Waals surface area contributed by atoms with E-state index in [2.05, 4.69) is 29.5 Å². The monoisotopic (exact) mass is 278 g/mol. The van der Waals surface area contributed by atoms with E-state index in [9.17, 15) is 4.39 Å². The predicted octanol–water partition coefficient (Wildman–Crippen LogP) is 3.87. The zero-order chi connectivity index (χ0) is 13.8. The van der Waals surface area contributed by atoms with Gasteiger partial charge in [0.25, 0.3) is 0 Å². The van der Waals surface area contributed by atoms with Gasteiger partial charge in [0, 0.05) is 17.1 Å². The summed E-state index contributed by atoms with van der Waals surface area (Å²) >= 11 is 1.67. The molecule has 0 aliphatic carbocycles. The van der Waals surface area contributed by atoms with E-state index >= 15 is 0 Å². The maximum atomic E-state index is 13.1. The van der Waals surface area contributed by atoms with E-state index in [0.29, 0.717) is 0 Å². The molecule has 2 rings (SSSR count). The first-order valence-corrected chi connectivity index (χ1v) is 7.35. The van der Waals surface area contributed by atoms with Crippen molar-refractivity contribution in [2.24, 2.45) is 0 Å². The number of nitrogens with one attached hydrogen (secondary N) is 1. The van der Waals surface area contributed by atoms with E-state index in [1.54, 1.807) is 23.5 Å². The lowest BCUT2D eigenvalue weighted by atomic mass is 10.1. The Balaban J connectivity index is 1.92. The van der Waals surface area contributed by atoms with Gasteiger partial charge in [-0.15, -0.1) is 11.3 Å². The number of rotatable bonds is 5. The molecule has 102 valence electrons. The number of halogens is 1. The molecule has 2 atom stereocenters. The van der Waals surface area contributed by atoms with Crippen molar-refractivity contribution in [3.05, 3.63) is 51.7 Å². The second-order valence-corrected chi connectivity index (χ2v) is 5.84. The molecule has 2 aromatic rings. The summed E-state index contributed by atoms with van der Waals surface area (Å²) in [5.74, 6) is -0.173. The first kappa shape index (κ1) is 14.2. The van der Waals surface area contributed by atoms with Crippen LogP contribution in [0.25, 0.3) is 0 Å². The maximum absolute atomic E-state index is 13.1. The van der Waals surface area contributed by atoms with Crippen molar-refractivity contribution in [2.45, 2.75) is 39.3 Å². The number of thiazole rings is 1. The van der Waals surface area contributed by atoms with Crippen molar-refractivity contribution < 1.29 is 4.39 Å². The molecule has 0 aliphatic rings. The summed E-state index contributed by atoms with van der Waals surface area (Å²) in [5.41, 5.74) is 2.08. The minimum absolute atomic E-state index is 0.173. The minimum atomic E-state index is -0.173. The van der Waals surface area contributed by atoms with Gasteiger partial charge in [-0.05, 0) is 44.9 Å². The van der Waals surface area contributed by atoms with Gasteiger partial charge in [-0.1, -0.05) is 12.1 Å². The van der Waals surface area contributed by atoms with Gasteiger partial charge in [-0.25, -0.2) is 9.37 Å². The number of nitrogens with zero attached hydrogens (tertiary/aromatic N) is 1. The van der Waals surface area contributed by atoms with E-state index in [4.69, 9.17) is 0 Å². The van der Waals surface area contributed by atoms with E-state index < -0.39 is 0 Å². The zero-order valence-corrected chi connectivity index (χ0v) is 12.3. The van der Waals surface area contributed by atoms with E-state index in [1.807, 2.05) is 13.0 Å². The van der Waals surface area contributed by atoms with Gasteiger partial charge in [0.05, 0.1) is 6.04 Å². The lowest BCUT2D eigenvalue weighted by molar-refractivity contribution is 0.474. The largest absolute Gasteiger partial charge is 0.305 e. The van der Waals surface area contributed by atoms with Crippen LogP contribution in [0.15, 0.2) is 29.6 Å². The number of benzene rings is 1. The third-order valence-electron chi connectivity index (χ3n) is 2.97. The van der Waals surface area contributed by atoms with Crippen LogP contribution in [0.5, 0.6) is 0 Å². The van der Waals surface area contributed by atoms with Crippen molar-refractivity contribution in [3.63, 3.8) is 0 Å². The molecule has 0 saturated heterocycles. The molecule has 0 bridgehead atoms. The Morgan fingerprint density at radius 1 is 1.37 bits per heavy atom. The molecule has 19 heavy (non-hydrogen) atoms. The smallest absolute Gasteiger partial charge is 0.123 e. The highest BCUT2D eigenvalue weighted by atomic mass is 32.1. The molecule has 2 unspecified atom stereocenters. The summed E-state index contributed by atoms with van der Waals surface area (Å²) in [4.78, 5) is 4.48. The second kappa shape index (κ2) is 6.26. The van der Waals surface area contributed by atoms with Crippen LogP contribution in [0.2, 0.25) is 0 Å². The number of aryl methyl sites for hydroxylation is 1. The second-order valence-electron chi connectivity index (χ2n) is 4.95. The van der Waals surface area contributed by atoms with Crippen LogP contribution in [0, 0.1) is 12.7 Å². The molecular weight excluding hydrogens is 259 g/mol. The maximum Gasteiger partial charge on any atom is 0.123 e. The first-order chi connectivity index (χ1) is 9.04. The molecule has 2 nitrogen and oxygen atoms in total. The Labute approximate surface area is 117 Å². The number of hydrogen-bond donors (Lipinski definition) is 1. The fraction of sp³-hybridized carbons (Fsp3) is 0.400. The summed E-state index contributed by atoms with van der Waals surface area (Å²) < 4.78 is 13.1. The molecule has 1 N–H and O–H groups in total. The average Bonchev–Trinajstić information content (AvgIpc) is 2.75. The Bertz CT molecular complexity index is 538. The van der Waals surface area contributed by atoms with Gasteiger partial charge in [-0.3, -0.25) is 0 Å². The molecule has 0 aliphatic heterocycles. The van der Waals surface area contributed by atoms with Crippen LogP contribution >= 0.6 is 11.3 Å². The molecule has 4 heteroatoms. The van der Waals surface area contributed by atoms with Gasteiger partial charge < -0.3 is 5.32 Å². The Kier molecular flexibility index (Phi) is 4.66. The average molecular weight is 278 g/mol. The molecular formula is C15H19FN2S. The van der Waals surface area contributed by atoms with Gasteiger partial charge >= 0.3 is 0 Å². The Morgan fingerprint density at radius 2 is 2.16 bits per heavy atom. The predicted molar refractivity (Wildman–Crippen MR) is 78.0 cm³/mol. The van der Waals surface area contributed by atoms with Gasteiger partial charge in [0.2, 0.25) is 0 Å². The number of hydrogen-bond acceptors (Lipinski definition) is 3. The lowest BCUT2D eigenvalue weighted by Crippen LogP contribution is -2.30. The zero-order valence-electron chi connectivity index (χ0n) is 11.5. The Morgan fingerprint density at radius 3 is 2.79 bits per heavy atom. The van der Waals surface area contributed by atoms with Crippen LogP contribution in [0.3, 0.4) is 0 Å². The summed E-state index contributed by atoms with van der Waals surface area (Å²) in [6.45, 7) is 6.23. The summed E-state index contributed by atoms with van der Waals surface area (Å²) in [6, 6.07) is 7.28. The minimum Gasteiger partial charge on any atom is -0.305 e. The van der Waals surface area contributed by atoms with Gasteiger partial charge in [0.1, 0.15) is 10.8 Å². The van der Waals surface area contributed by atoms with Crippen molar-refractivity contribution in [2.75, 3.05) is 0 Å². The molecule has 0 spiro atoms. The van der Waals surface area contributed by atoms with E-state index in [1.165, 1.54) is 6.07 Å². The van der Waals surface area contributed by atoms with Crippen LogP contribution < -0.4 is 5.32 Å². The fourth-order valence-corrected chi connectivity index (χ4v) is 2.96. The van der Waals surface area contributed by atoms with Crippen molar-refractivity contribution >= 4 is 11.3 Å². The van der Waals surface area contributed by atoms with E-state index in [-0.39, 0.29) is 17.9 Å². The lowest BCUT2D eigenvalue weighted by Gasteiger charge is -2.18. The van der Waals surface area contributed by atoms with Crippen LogP contribution in [0.4, 0.5) is 4.39 Å².